The Hall–Kier alpha value is -3.02. The molecule has 1 atom stereocenters. The number of rotatable bonds is 5. The van der Waals surface area contributed by atoms with Crippen molar-refractivity contribution in [3.05, 3.63) is 60.0 Å². The highest BCUT2D eigenvalue weighted by Crippen LogP contribution is 2.33. The first-order valence-electron chi connectivity index (χ1n) is 12.3. The van der Waals surface area contributed by atoms with E-state index in [0.717, 1.165) is 36.8 Å². The molecule has 33 heavy (non-hydrogen) atoms. The van der Waals surface area contributed by atoms with Crippen LogP contribution in [0.5, 0.6) is 0 Å². The number of furan rings is 1. The molecule has 6 nitrogen and oxygen atoms in total. The van der Waals surface area contributed by atoms with Crippen molar-refractivity contribution in [3.63, 3.8) is 0 Å². The van der Waals surface area contributed by atoms with Crippen LogP contribution >= 0.6 is 0 Å². The highest BCUT2D eigenvalue weighted by molar-refractivity contribution is 6.02. The summed E-state index contributed by atoms with van der Waals surface area (Å²) in [5, 5.41) is 3.34. The third-order valence-electron chi connectivity index (χ3n) is 7.45. The van der Waals surface area contributed by atoms with Gasteiger partial charge in [0.05, 0.1) is 18.3 Å². The summed E-state index contributed by atoms with van der Waals surface area (Å²) in [6.07, 6.45) is 10.4. The number of aromatic nitrogens is 1. The number of carbonyl (C=O) groups excluding carboxylic acids is 2. The van der Waals surface area contributed by atoms with Crippen molar-refractivity contribution in [2.75, 3.05) is 6.54 Å². The zero-order valence-corrected chi connectivity index (χ0v) is 19.4. The maximum absolute atomic E-state index is 13.8. The smallest absolute Gasteiger partial charge is 0.271 e. The van der Waals surface area contributed by atoms with E-state index in [1.165, 1.54) is 19.3 Å². The lowest BCUT2D eigenvalue weighted by atomic mass is 9.91. The van der Waals surface area contributed by atoms with Crippen molar-refractivity contribution in [2.45, 2.75) is 76.4 Å². The second-order valence-electron chi connectivity index (χ2n) is 9.77. The highest BCUT2D eigenvalue weighted by Gasteiger charge is 2.48. The van der Waals surface area contributed by atoms with Gasteiger partial charge in [0.25, 0.3) is 5.91 Å². The molecule has 1 aliphatic carbocycles. The lowest BCUT2D eigenvalue weighted by Gasteiger charge is -2.44. The van der Waals surface area contributed by atoms with E-state index in [4.69, 9.17) is 4.42 Å². The summed E-state index contributed by atoms with van der Waals surface area (Å²) < 4.78 is 7.52. The maximum atomic E-state index is 13.8. The summed E-state index contributed by atoms with van der Waals surface area (Å²) in [6, 6.07) is 14.0. The van der Waals surface area contributed by atoms with Crippen LogP contribution in [0.3, 0.4) is 0 Å². The van der Waals surface area contributed by atoms with E-state index in [1.54, 1.807) is 17.2 Å². The standard InChI is InChI=1S/C27H33N3O3/c1-27(26(32)28-21-12-8-3-2-4-9-13-21)19-29-22-15-17-33-24(22)18-23(29)25(31)30(27)16-14-20-10-6-5-7-11-20/h5-7,10-11,15,17-18,21H,2-4,8-9,12-14,16,19H2,1H3,(H,28,32). The summed E-state index contributed by atoms with van der Waals surface area (Å²) >= 11 is 0. The van der Waals surface area contributed by atoms with Gasteiger partial charge in [-0.15, -0.1) is 0 Å². The van der Waals surface area contributed by atoms with Gasteiger partial charge in [0, 0.05) is 24.7 Å². The monoisotopic (exact) mass is 447 g/mol. The van der Waals surface area contributed by atoms with Gasteiger partial charge in [0.15, 0.2) is 5.58 Å². The van der Waals surface area contributed by atoms with Gasteiger partial charge in [-0.2, -0.15) is 0 Å². The number of carbonyl (C=O) groups is 2. The van der Waals surface area contributed by atoms with Crippen LogP contribution < -0.4 is 5.32 Å². The molecule has 2 amide bonds. The molecule has 1 unspecified atom stereocenters. The van der Waals surface area contributed by atoms with E-state index in [2.05, 4.69) is 17.4 Å². The summed E-state index contributed by atoms with van der Waals surface area (Å²) in [5.41, 5.74) is 2.33. The molecule has 1 aromatic carbocycles. The minimum Gasteiger partial charge on any atom is -0.463 e. The van der Waals surface area contributed by atoms with Gasteiger partial charge in [-0.05, 0) is 31.7 Å². The van der Waals surface area contributed by atoms with E-state index >= 15 is 0 Å². The predicted molar refractivity (Wildman–Crippen MR) is 128 cm³/mol. The Morgan fingerprint density at radius 3 is 2.58 bits per heavy atom. The second-order valence-corrected chi connectivity index (χ2v) is 9.77. The Morgan fingerprint density at radius 2 is 1.82 bits per heavy atom. The van der Waals surface area contributed by atoms with Gasteiger partial charge in [0.1, 0.15) is 11.2 Å². The number of fused-ring (bicyclic) bond motifs is 3. The fraction of sp³-hybridized carbons (Fsp3) is 0.481. The first-order chi connectivity index (χ1) is 16.1. The molecule has 0 saturated heterocycles. The van der Waals surface area contributed by atoms with Crippen LogP contribution in [0.15, 0.2) is 53.1 Å². The van der Waals surface area contributed by atoms with Gasteiger partial charge < -0.3 is 19.2 Å². The van der Waals surface area contributed by atoms with E-state index in [1.807, 2.05) is 35.8 Å². The van der Waals surface area contributed by atoms with Crippen molar-refractivity contribution in [1.82, 2.24) is 14.8 Å². The molecule has 0 radical (unpaired) electrons. The summed E-state index contributed by atoms with van der Waals surface area (Å²) in [7, 11) is 0. The Balaban J connectivity index is 1.44. The largest absolute Gasteiger partial charge is 0.463 e. The first kappa shape index (κ1) is 21.8. The van der Waals surface area contributed by atoms with Crippen LogP contribution in [0.4, 0.5) is 0 Å². The van der Waals surface area contributed by atoms with Crippen LogP contribution in [0.1, 0.15) is 67.9 Å². The minimum absolute atomic E-state index is 0.0505. The number of nitrogens with zero attached hydrogens (tertiary/aromatic N) is 2. The number of hydrogen-bond donors (Lipinski definition) is 1. The Kier molecular flexibility index (Phi) is 6.00. The number of amides is 2. The van der Waals surface area contributed by atoms with E-state index < -0.39 is 5.54 Å². The molecule has 6 heteroatoms. The van der Waals surface area contributed by atoms with Crippen molar-refractivity contribution in [2.24, 2.45) is 0 Å². The summed E-state index contributed by atoms with van der Waals surface area (Å²) in [6.45, 7) is 2.83. The molecule has 1 N–H and O–H groups in total. The molecule has 3 heterocycles. The Morgan fingerprint density at radius 1 is 1.09 bits per heavy atom. The average molecular weight is 448 g/mol. The van der Waals surface area contributed by atoms with E-state index in [0.29, 0.717) is 30.8 Å². The molecule has 5 rings (SSSR count). The Bertz CT molecular complexity index is 1120. The molecule has 2 aromatic heterocycles. The molecule has 2 aliphatic rings. The summed E-state index contributed by atoms with van der Waals surface area (Å²) in [5.74, 6) is -0.163. The molecule has 174 valence electrons. The quantitative estimate of drug-likeness (QED) is 0.604. The van der Waals surface area contributed by atoms with Gasteiger partial charge in [0.2, 0.25) is 5.91 Å². The molecule has 0 bridgehead atoms. The lowest BCUT2D eigenvalue weighted by molar-refractivity contribution is -0.133. The zero-order valence-electron chi connectivity index (χ0n) is 19.4. The minimum atomic E-state index is -0.968. The maximum Gasteiger partial charge on any atom is 0.271 e. The topological polar surface area (TPSA) is 67.5 Å². The lowest BCUT2D eigenvalue weighted by Crippen LogP contribution is -2.65. The second kappa shape index (κ2) is 9.08. The van der Waals surface area contributed by atoms with Crippen molar-refractivity contribution >= 4 is 22.9 Å². The number of nitrogens with one attached hydrogen (secondary N) is 1. The zero-order chi connectivity index (χ0) is 22.8. The molecule has 1 fully saturated rings. The molecule has 3 aromatic rings. The molecular formula is C27H33N3O3. The number of hydrogen-bond acceptors (Lipinski definition) is 3. The molecular weight excluding hydrogens is 414 g/mol. The van der Waals surface area contributed by atoms with Crippen molar-refractivity contribution < 1.29 is 14.0 Å². The molecule has 0 spiro atoms. The highest BCUT2D eigenvalue weighted by atomic mass is 16.3. The SMILES string of the molecule is CC1(C(=O)NC2CCCCCCC2)Cn2c(cc3occc32)C(=O)N1CCc1ccccc1. The van der Waals surface area contributed by atoms with Crippen LogP contribution in [-0.4, -0.2) is 39.4 Å². The van der Waals surface area contributed by atoms with Crippen LogP contribution in [0.2, 0.25) is 0 Å². The average Bonchev–Trinajstić information content (AvgIpc) is 3.38. The van der Waals surface area contributed by atoms with Crippen LogP contribution in [0.25, 0.3) is 11.1 Å². The van der Waals surface area contributed by atoms with Crippen LogP contribution in [-0.2, 0) is 17.8 Å². The van der Waals surface area contributed by atoms with Crippen molar-refractivity contribution in [1.29, 1.82) is 0 Å². The molecule has 1 aliphatic heterocycles. The van der Waals surface area contributed by atoms with Crippen molar-refractivity contribution in [3.8, 4) is 0 Å². The first-order valence-corrected chi connectivity index (χ1v) is 12.3. The third-order valence-corrected chi connectivity index (χ3v) is 7.45. The van der Waals surface area contributed by atoms with E-state index in [9.17, 15) is 9.59 Å². The fourth-order valence-corrected chi connectivity index (χ4v) is 5.45. The molecule has 1 saturated carbocycles. The van der Waals surface area contributed by atoms with Gasteiger partial charge in [-0.3, -0.25) is 9.59 Å². The normalized spacial score (nSPS) is 22.1. The van der Waals surface area contributed by atoms with Gasteiger partial charge in [-0.25, -0.2) is 0 Å². The van der Waals surface area contributed by atoms with Crippen LogP contribution in [0, 0.1) is 0 Å². The Labute approximate surface area is 194 Å². The predicted octanol–water partition coefficient (Wildman–Crippen LogP) is 4.92. The van der Waals surface area contributed by atoms with Gasteiger partial charge in [-0.1, -0.05) is 62.4 Å². The third kappa shape index (κ3) is 4.19. The van der Waals surface area contributed by atoms with Gasteiger partial charge >= 0.3 is 0 Å². The number of benzene rings is 1. The fourth-order valence-electron chi connectivity index (χ4n) is 5.45. The summed E-state index contributed by atoms with van der Waals surface area (Å²) in [4.78, 5) is 29.3. The van der Waals surface area contributed by atoms with E-state index in [-0.39, 0.29) is 17.9 Å².